The van der Waals surface area contributed by atoms with Gasteiger partial charge in [0.2, 0.25) is 0 Å². The van der Waals surface area contributed by atoms with Crippen LogP contribution in [0.5, 0.6) is 0 Å². The van der Waals surface area contributed by atoms with E-state index in [9.17, 15) is 0 Å². The third-order valence-corrected chi connectivity index (χ3v) is 3.29. The topological polar surface area (TPSA) is 24.1 Å². The molecule has 2 N–H and O–H groups in total. The summed E-state index contributed by atoms with van der Waals surface area (Å²) in [5.74, 6) is 0.616. The van der Waals surface area contributed by atoms with Crippen molar-refractivity contribution in [3.8, 4) is 0 Å². The van der Waals surface area contributed by atoms with Crippen molar-refractivity contribution in [1.82, 2.24) is 10.6 Å². The van der Waals surface area contributed by atoms with Crippen molar-refractivity contribution in [2.45, 2.75) is 6.92 Å². The highest BCUT2D eigenvalue weighted by molar-refractivity contribution is 5.56. The molecule has 2 heterocycles. The molecule has 17 heavy (non-hydrogen) atoms. The predicted octanol–water partition coefficient (Wildman–Crippen LogP) is 2.47. The number of fused-ring (bicyclic) bond motifs is 1. The Hall–Kier alpha value is -1.54. The van der Waals surface area contributed by atoms with Crippen LogP contribution in [-0.2, 0) is 0 Å². The van der Waals surface area contributed by atoms with Gasteiger partial charge in [0.1, 0.15) is 0 Å². The van der Waals surface area contributed by atoms with Crippen LogP contribution in [0.3, 0.4) is 0 Å². The second-order valence-corrected chi connectivity index (χ2v) is 4.78. The van der Waals surface area contributed by atoms with Crippen molar-refractivity contribution in [1.29, 1.82) is 0 Å². The number of hydrogen-bond acceptors (Lipinski definition) is 2. The van der Waals surface area contributed by atoms with Gasteiger partial charge in [-0.1, -0.05) is 25.2 Å². The maximum absolute atomic E-state index is 3.45. The Balaban J connectivity index is 0.00000120. The van der Waals surface area contributed by atoms with E-state index in [2.05, 4.69) is 60.6 Å². The molecule has 1 radical (unpaired) electrons. The Morgan fingerprint density at radius 1 is 1.29 bits per heavy atom. The highest BCUT2D eigenvalue weighted by Crippen LogP contribution is 2.26. The van der Waals surface area contributed by atoms with Crippen molar-refractivity contribution in [3.63, 3.8) is 0 Å². The van der Waals surface area contributed by atoms with E-state index < -0.39 is 0 Å². The van der Waals surface area contributed by atoms with Crippen LogP contribution in [-0.4, -0.2) is 13.1 Å². The van der Waals surface area contributed by atoms with Gasteiger partial charge in [0, 0.05) is 32.8 Å². The summed E-state index contributed by atoms with van der Waals surface area (Å²) < 4.78 is 0. The molecule has 2 heteroatoms. The van der Waals surface area contributed by atoms with E-state index in [1.807, 2.05) is 0 Å². The minimum absolute atomic E-state index is 0. The highest BCUT2D eigenvalue weighted by Gasteiger charge is 2.16. The minimum Gasteiger partial charge on any atom is -0.361 e. The molecule has 1 aliphatic carbocycles. The Morgan fingerprint density at radius 2 is 2.24 bits per heavy atom. The van der Waals surface area contributed by atoms with Gasteiger partial charge in [-0.25, -0.2) is 0 Å². The largest absolute Gasteiger partial charge is 0.361 e. The van der Waals surface area contributed by atoms with Crippen molar-refractivity contribution < 1.29 is 1.43 Å². The van der Waals surface area contributed by atoms with Gasteiger partial charge in [0.15, 0.2) is 0 Å². The van der Waals surface area contributed by atoms with Crippen molar-refractivity contribution >= 4 is 0 Å². The average Bonchev–Trinajstić information content (AvgIpc) is 2.38. The van der Waals surface area contributed by atoms with Crippen molar-refractivity contribution in [3.05, 3.63) is 65.4 Å². The summed E-state index contributed by atoms with van der Waals surface area (Å²) in [6.07, 6.45) is 15.1. The van der Waals surface area contributed by atoms with Crippen LogP contribution in [0.25, 0.3) is 0 Å². The molecule has 0 aromatic rings. The second-order valence-electron chi connectivity index (χ2n) is 4.78. The summed E-state index contributed by atoms with van der Waals surface area (Å²) >= 11 is 0. The molecule has 0 fully saturated rings. The van der Waals surface area contributed by atoms with Gasteiger partial charge in [-0.2, -0.15) is 0 Å². The van der Waals surface area contributed by atoms with Crippen LogP contribution in [0.2, 0.25) is 0 Å². The Kier molecular flexibility index (Phi) is 2.73. The Morgan fingerprint density at radius 3 is 3.12 bits per heavy atom. The van der Waals surface area contributed by atoms with Gasteiger partial charge < -0.3 is 10.6 Å². The fourth-order valence-electron chi connectivity index (χ4n) is 2.40. The fourth-order valence-corrected chi connectivity index (χ4v) is 2.40. The third kappa shape index (κ3) is 2.13. The normalized spacial score (nSPS) is 27.2. The molecule has 1 atom stereocenters. The zero-order chi connectivity index (χ0) is 11.7. The molecule has 3 aliphatic rings. The first-order valence-electron chi connectivity index (χ1n) is 6.15. The number of allylic oxidation sites excluding steroid dienone is 5. The van der Waals surface area contributed by atoms with Gasteiger partial charge in [0.25, 0.3) is 0 Å². The summed E-state index contributed by atoms with van der Waals surface area (Å²) in [6, 6.07) is 0. The molecule has 0 spiro atoms. The third-order valence-electron chi connectivity index (χ3n) is 3.29. The molecular weight excluding hydrogens is 208 g/mol. The van der Waals surface area contributed by atoms with E-state index in [0.717, 1.165) is 13.1 Å². The lowest BCUT2D eigenvalue weighted by molar-refractivity contribution is 0.586. The summed E-state index contributed by atoms with van der Waals surface area (Å²) in [5.41, 5.74) is 5.14. The molecule has 0 saturated heterocycles. The quantitative estimate of drug-likeness (QED) is 0.719. The predicted molar refractivity (Wildman–Crippen MR) is 73.1 cm³/mol. The zero-order valence-corrected chi connectivity index (χ0v) is 10.0. The monoisotopic (exact) mass is 227 g/mol. The molecular formula is C15H19N2. The van der Waals surface area contributed by atoms with Crippen LogP contribution in [0.15, 0.2) is 59.0 Å². The van der Waals surface area contributed by atoms with E-state index in [0.29, 0.717) is 5.92 Å². The van der Waals surface area contributed by atoms with E-state index in [1.165, 1.54) is 22.4 Å². The second kappa shape index (κ2) is 4.38. The SMILES string of the molecule is C[C@@H]1C=C(C2=CNC3=CC=C[CH]C3=C2)CNC1.[HH]. The molecule has 0 unspecified atom stereocenters. The molecule has 2 nitrogen and oxygen atoms in total. The van der Waals surface area contributed by atoms with Crippen LogP contribution in [0.1, 0.15) is 8.35 Å². The first-order valence-corrected chi connectivity index (χ1v) is 6.15. The highest BCUT2D eigenvalue weighted by atomic mass is 14.9. The van der Waals surface area contributed by atoms with Crippen molar-refractivity contribution in [2.24, 2.45) is 5.92 Å². The molecule has 0 bridgehead atoms. The molecule has 0 aromatic heterocycles. The van der Waals surface area contributed by atoms with Crippen molar-refractivity contribution in [2.75, 3.05) is 13.1 Å². The Labute approximate surface area is 104 Å². The molecule has 2 aliphatic heterocycles. The van der Waals surface area contributed by atoms with Gasteiger partial charge >= 0.3 is 0 Å². The number of hydrogen-bond donors (Lipinski definition) is 2. The van der Waals surface area contributed by atoms with Gasteiger partial charge in [-0.15, -0.1) is 0 Å². The lowest BCUT2D eigenvalue weighted by Crippen LogP contribution is -2.29. The first-order chi connectivity index (χ1) is 8.33. The molecule has 0 amide bonds. The number of nitrogens with one attached hydrogen (secondary N) is 2. The van der Waals surface area contributed by atoms with E-state index in [-0.39, 0.29) is 1.43 Å². The lowest BCUT2D eigenvalue weighted by Gasteiger charge is -2.24. The van der Waals surface area contributed by atoms with Gasteiger partial charge in [-0.3, -0.25) is 0 Å². The van der Waals surface area contributed by atoms with E-state index in [1.54, 1.807) is 0 Å². The van der Waals surface area contributed by atoms with E-state index >= 15 is 0 Å². The average molecular weight is 227 g/mol. The summed E-state index contributed by atoms with van der Waals surface area (Å²) in [4.78, 5) is 0. The number of rotatable bonds is 1. The van der Waals surface area contributed by atoms with Crippen LogP contribution < -0.4 is 10.6 Å². The summed E-state index contributed by atoms with van der Waals surface area (Å²) in [5, 5.41) is 6.81. The maximum Gasteiger partial charge on any atom is 0.0418 e. The zero-order valence-electron chi connectivity index (χ0n) is 10.0. The minimum atomic E-state index is 0. The molecule has 0 saturated carbocycles. The van der Waals surface area contributed by atoms with Crippen LogP contribution in [0.4, 0.5) is 0 Å². The molecule has 89 valence electrons. The maximum atomic E-state index is 3.45. The smallest absolute Gasteiger partial charge is 0.0418 e. The van der Waals surface area contributed by atoms with E-state index in [4.69, 9.17) is 0 Å². The van der Waals surface area contributed by atoms with Gasteiger partial charge in [-0.05, 0) is 34.8 Å². The fraction of sp³-hybridized carbons (Fsp3) is 0.267. The van der Waals surface area contributed by atoms with Crippen LogP contribution in [0, 0.1) is 12.3 Å². The summed E-state index contributed by atoms with van der Waals surface area (Å²) in [6.45, 7) is 4.30. The first kappa shape index (κ1) is 10.6. The standard InChI is InChI=1S/C15H17N2.H2/c1-11-6-13(9-16-8-11)14-7-12-4-2-3-5-15(12)17-10-14;/h2-7,10-11,16-17H,8-9H2,1H3;1H/t11-;/m1./s1. The molecule has 0 aromatic carbocycles. The lowest BCUT2D eigenvalue weighted by atomic mass is 9.92. The Bertz CT molecular complexity index is 481. The van der Waals surface area contributed by atoms with Crippen LogP contribution >= 0.6 is 0 Å². The molecule has 3 rings (SSSR count). The number of dihydropyridines is 1. The van der Waals surface area contributed by atoms with Gasteiger partial charge in [0.05, 0.1) is 0 Å². The summed E-state index contributed by atoms with van der Waals surface area (Å²) in [7, 11) is 0.